The number of piperidine rings is 1. The minimum atomic E-state index is -0.551. The SMILES string of the molecule is O=C(NCC1CCN(c2ccncc2)CC1)c1ccc(F)c(OCCc2ccc(F)cc2Cl)c1. The first-order valence-electron chi connectivity index (χ1n) is 11.3. The van der Waals surface area contributed by atoms with Crippen molar-refractivity contribution in [2.45, 2.75) is 19.3 Å². The summed E-state index contributed by atoms with van der Waals surface area (Å²) in [4.78, 5) is 19.0. The van der Waals surface area contributed by atoms with Crippen LogP contribution in [0.25, 0.3) is 0 Å². The van der Waals surface area contributed by atoms with Crippen LogP contribution in [0, 0.1) is 17.6 Å². The summed E-state index contributed by atoms with van der Waals surface area (Å²) in [6, 6.07) is 12.2. The molecule has 1 N–H and O–H groups in total. The fourth-order valence-corrected chi connectivity index (χ4v) is 4.30. The average Bonchev–Trinajstić information content (AvgIpc) is 2.86. The summed E-state index contributed by atoms with van der Waals surface area (Å²) >= 11 is 6.02. The van der Waals surface area contributed by atoms with Gasteiger partial charge in [0.15, 0.2) is 11.6 Å². The molecule has 1 saturated heterocycles. The lowest BCUT2D eigenvalue weighted by molar-refractivity contribution is 0.0944. The van der Waals surface area contributed by atoms with E-state index in [4.69, 9.17) is 16.3 Å². The molecule has 178 valence electrons. The molecule has 1 aliphatic heterocycles. The van der Waals surface area contributed by atoms with Crippen LogP contribution >= 0.6 is 11.6 Å². The lowest BCUT2D eigenvalue weighted by atomic mass is 9.96. The zero-order valence-corrected chi connectivity index (χ0v) is 19.4. The third kappa shape index (κ3) is 6.23. The highest BCUT2D eigenvalue weighted by molar-refractivity contribution is 6.31. The molecule has 2 aromatic carbocycles. The average molecular weight is 486 g/mol. The third-order valence-electron chi connectivity index (χ3n) is 6.03. The van der Waals surface area contributed by atoms with E-state index < -0.39 is 11.6 Å². The molecule has 0 saturated carbocycles. The lowest BCUT2D eigenvalue weighted by Crippen LogP contribution is -2.38. The Bertz CT molecular complexity index is 1120. The molecule has 5 nitrogen and oxygen atoms in total. The van der Waals surface area contributed by atoms with Gasteiger partial charge in [0.05, 0.1) is 6.61 Å². The van der Waals surface area contributed by atoms with Crippen LogP contribution in [0.2, 0.25) is 5.02 Å². The molecule has 0 atom stereocenters. The van der Waals surface area contributed by atoms with Gasteiger partial charge in [-0.15, -0.1) is 0 Å². The highest BCUT2D eigenvalue weighted by Crippen LogP contribution is 2.23. The quantitative estimate of drug-likeness (QED) is 0.471. The Hall–Kier alpha value is -3.19. The maximum Gasteiger partial charge on any atom is 0.251 e. The van der Waals surface area contributed by atoms with E-state index in [1.54, 1.807) is 18.5 Å². The summed E-state index contributed by atoms with van der Waals surface area (Å²) in [6.07, 6.45) is 5.92. The monoisotopic (exact) mass is 485 g/mol. The van der Waals surface area contributed by atoms with Crippen LogP contribution in [0.4, 0.5) is 14.5 Å². The van der Waals surface area contributed by atoms with E-state index >= 15 is 0 Å². The molecular formula is C26H26ClF2N3O2. The highest BCUT2D eigenvalue weighted by atomic mass is 35.5. The van der Waals surface area contributed by atoms with Crippen molar-refractivity contribution in [3.05, 3.63) is 88.7 Å². The zero-order valence-electron chi connectivity index (χ0n) is 18.6. The number of halogens is 3. The number of carbonyl (C=O) groups excluding carboxylic acids is 1. The van der Waals surface area contributed by atoms with Gasteiger partial charge in [-0.3, -0.25) is 9.78 Å². The second-order valence-corrected chi connectivity index (χ2v) is 8.73. The number of anilines is 1. The Balaban J connectivity index is 1.26. The smallest absolute Gasteiger partial charge is 0.251 e. The van der Waals surface area contributed by atoms with Crippen LogP contribution in [0.1, 0.15) is 28.8 Å². The van der Waals surface area contributed by atoms with Gasteiger partial charge in [0, 0.05) is 54.7 Å². The number of hydrogen-bond donors (Lipinski definition) is 1. The first-order valence-corrected chi connectivity index (χ1v) is 11.7. The van der Waals surface area contributed by atoms with E-state index in [0.29, 0.717) is 35.0 Å². The number of benzene rings is 2. The van der Waals surface area contributed by atoms with E-state index in [0.717, 1.165) is 31.6 Å². The second-order valence-electron chi connectivity index (χ2n) is 8.33. The largest absolute Gasteiger partial charge is 0.490 e. The second kappa shape index (κ2) is 11.3. The number of nitrogens with zero attached hydrogens (tertiary/aromatic N) is 2. The molecule has 3 aromatic rings. The Morgan fingerprint density at radius 3 is 2.59 bits per heavy atom. The molecule has 4 rings (SSSR count). The predicted molar refractivity (Wildman–Crippen MR) is 129 cm³/mol. The van der Waals surface area contributed by atoms with Crippen LogP contribution in [0.3, 0.4) is 0 Å². The molecule has 0 spiro atoms. The van der Waals surface area contributed by atoms with Gasteiger partial charge >= 0.3 is 0 Å². The number of amides is 1. The zero-order chi connectivity index (χ0) is 23.9. The molecular weight excluding hydrogens is 460 g/mol. The van der Waals surface area contributed by atoms with Gasteiger partial charge in [-0.1, -0.05) is 17.7 Å². The van der Waals surface area contributed by atoms with Crippen LogP contribution in [-0.4, -0.2) is 37.1 Å². The maximum absolute atomic E-state index is 14.2. The van der Waals surface area contributed by atoms with Crippen molar-refractivity contribution in [1.29, 1.82) is 0 Å². The van der Waals surface area contributed by atoms with Crippen molar-refractivity contribution in [3.63, 3.8) is 0 Å². The van der Waals surface area contributed by atoms with Crippen molar-refractivity contribution >= 4 is 23.2 Å². The minimum absolute atomic E-state index is 0.00320. The fraction of sp³-hybridized carbons (Fsp3) is 0.308. The number of ether oxygens (including phenoxy) is 1. The minimum Gasteiger partial charge on any atom is -0.490 e. The molecule has 0 aliphatic carbocycles. The summed E-state index contributed by atoms with van der Waals surface area (Å²) in [5, 5.41) is 3.26. The summed E-state index contributed by atoms with van der Waals surface area (Å²) in [6.45, 7) is 2.57. The molecule has 1 amide bonds. The van der Waals surface area contributed by atoms with E-state index in [9.17, 15) is 13.6 Å². The number of nitrogens with one attached hydrogen (secondary N) is 1. The van der Waals surface area contributed by atoms with Gasteiger partial charge in [0.2, 0.25) is 0 Å². The summed E-state index contributed by atoms with van der Waals surface area (Å²) in [5.74, 6) is -0.845. The Morgan fingerprint density at radius 1 is 1.09 bits per heavy atom. The van der Waals surface area contributed by atoms with Crippen LogP contribution in [0.15, 0.2) is 60.9 Å². The molecule has 0 radical (unpaired) electrons. The topological polar surface area (TPSA) is 54.5 Å². The van der Waals surface area contributed by atoms with Crippen LogP contribution in [-0.2, 0) is 6.42 Å². The van der Waals surface area contributed by atoms with Crippen molar-refractivity contribution in [2.24, 2.45) is 5.92 Å². The van der Waals surface area contributed by atoms with Crippen LogP contribution in [0.5, 0.6) is 5.75 Å². The standard InChI is InChI=1S/C26H26ClF2N3O2/c27-23-16-21(28)3-1-19(23)9-14-34-25-15-20(2-4-24(25)29)26(33)31-17-18-7-12-32(13-8-18)22-5-10-30-11-6-22/h1-6,10-11,15-16,18H,7-9,12-14,17H2,(H,31,33). The third-order valence-corrected chi connectivity index (χ3v) is 6.38. The van der Waals surface area contributed by atoms with Gasteiger partial charge in [0.25, 0.3) is 5.91 Å². The first kappa shape index (κ1) is 24.0. The molecule has 2 heterocycles. The molecule has 1 fully saturated rings. The number of aromatic nitrogens is 1. The van der Waals surface area contributed by atoms with Crippen molar-refractivity contribution < 1.29 is 18.3 Å². The molecule has 1 aromatic heterocycles. The predicted octanol–water partition coefficient (Wildman–Crippen LogP) is 5.28. The normalized spacial score (nSPS) is 14.1. The van der Waals surface area contributed by atoms with Crippen molar-refractivity contribution in [2.75, 3.05) is 31.1 Å². The molecule has 0 bridgehead atoms. The van der Waals surface area contributed by atoms with Crippen molar-refractivity contribution in [3.8, 4) is 5.75 Å². The summed E-state index contributed by atoms with van der Waals surface area (Å²) < 4.78 is 32.9. The Morgan fingerprint density at radius 2 is 1.85 bits per heavy atom. The van der Waals surface area contributed by atoms with Gasteiger partial charge in [-0.05, 0) is 66.8 Å². The van der Waals surface area contributed by atoms with E-state index in [1.807, 2.05) is 12.1 Å². The van der Waals surface area contributed by atoms with E-state index in [2.05, 4.69) is 15.2 Å². The number of pyridine rings is 1. The van der Waals surface area contributed by atoms with Gasteiger partial charge in [-0.2, -0.15) is 0 Å². The summed E-state index contributed by atoms with van der Waals surface area (Å²) in [7, 11) is 0. The molecule has 8 heteroatoms. The van der Waals surface area contributed by atoms with Gasteiger partial charge < -0.3 is 15.0 Å². The Labute approximate surface area is 202 Å². The molecule has 1 aliphatic rings. The highest BCUT2D eigenvalue weighted by Gasteiger charge is 2.20. The number of hydrogen-bond acceptors (Lipinski definition) is 4. The van der Waals surface area contributed by atoms with Crippen LogP contribution < -0.4 is 15.0 Å². The lowest BCUT2D eigenvalue weighted by Gasteiger charge is -2.33. The van der Waals surface area contributed by atoms with E-state index in [1.165, 1.54) is 30.3 Å². The van der Waals surface area contributed by atoms with E-state index in [-0.39, 0.29) is 18.3 Å². The fourth-order valence-electron chi connectivity index (χ4n) is 4.04. The summed E-state index contributed by atoms with van der Waals surface area (Å²) in [5.41, 5.74) is 2.20. The number of carbonyl (C=O) groups is 1. The van der Waals surface area contributed by atoms with Gasteiger partial charge in [0.1, 0.15) is 5.82 Å². The maximum atomic E-state index is 14.2. The van der Waals surface area contributed by atoms with Crippen molar-refractivity contribution in [1.82, 2.24) is 10.3 Å². The molecule has 34 heavy (non-hydrogen) atoms. The first-order chi connectivity index (χ1) is 16.5. The number of rotatable bonds is 8. The van der Waals surface area contributed by atoms with Gasteiger partial charge in [-0.25, -0.2) is 8.78 Å². The molecule has 0 unspecified atom stereocenters. The Kier molecular flexibility index (Phi) is 7.95.